The number of hydrogen-bond donors (Lipinski definition) is 1. The van der Waals surface area contributed by atoms with E-state index < -0.39 is 0 Å². The fraction of sp³-hybridized carbons (Fsp3) is 0. The molecule has 0 aromatic carbocycles. The molecule has 0 spiro atoms. The van der Waals surface area contributed by atoms with E-state index in [9.17, 15) is 0 Å². The van der Waals surface area contributed by atoms with E-state index in [1.54, 1.807) is 12.3 Å². The van der Waals surface area contributed by atoms with Crippen LogP contribution in [0.4, 0.5) is 5.82 Å². The molecule has 0 fully saturated rings. The molecule has 0 aliphatic carbocycles. The van der Waals surface area contributed by atoms with Crippen LogP contribution in [-0.2, 0) is 0 Å². The van der Waals surface area contributed by atoms with Crippen molar-refractivity contribution in [3.8, 4) is 12.3 Å². The van der Waals surface area contributed by atoms with Gasteiger partial charge in [0.05, 0.1) is 6.20 Å². The molecular formula is C5H3N5. The molecule has 10 heavy (non-hydrogen) atoms. The third-order valence-corrected chi connectivity index (χ3v) is 1.02. The summed E-state index contributed by atoms with van der Waals surface area (Å²) in [6.07, 6.45) is 2.93. The summed E-state index contributed by atoms with van der Waals surface area (Å²) in [5.74, 6) is 0.0880. The van der Waals surface area contributed by atoms with Crippen molar-refractivity contribution in [2.24, 2.45) is 0 Å². The van der Waals surface area contributed by atoms with Crippen molar-refractivity contribution in [1.82, 2.24) is 9.78 Å². The summed E-state index contributed by atoms with van der Waals surface area (Å²) in [6, 6.07) is 1.79. The number of anilines is 1. The molecule has 1 heterocycles. The number of hydrogen-bond acceptors (Lipinski definition) is 4. The zero-order chi connectivity index (χ0) is 7.56. The van der Waals surface area contributed by atoms with Crippen LogP contribution in [0.1, 0.15) is 5.56 Å². The van der Waals surface area contributed by atoms with E-state index in [-0.39, 0.29) is 11.4 Å². The number of rotatable bonds is 0. The number of nitrogens with zero attached hydrogens (tertiary/aromatic N) is 4. The maximum Gasteiger partial charge on any atom is 0.208 e. The van der Waals surface area contributed by atoms with Gasteiger partial charge in [-0.2, -0.15) is 15.6 Å². The molecule has 0 unspecified atom stereocenters. The lowest BCUT2D eigenvalue weighted by Gasteiger charge is -1.86. The van der Waals surface area contributed by atoms with E-state index in [1.165, 1.54) is 6.20 Å². The van der Waals surface area contributed by atoms with Crippen LogP contribution in [0.3, 0.4) is 0 Å². The molecule has 0 atom stereocenters. The van der Waals surface area contributed by atoms with Gasteiger partial charge in [0.25, 0.3) is 0 Å². The Hall–Kier alpha value is -2.01. The smallest absolute Gasteiger partial charge is 0.208 e. The lowest BCUT2D eigenvalue weighted by molar-refractivity contribution is 0.908. The second-order valence-corrected chi connectivity index (χ2v) is 1.57. The first-order valence-electron chi connectivity index (χ1n) is 2.43. The number of nitriles is 2. The van der Waals surface area contributed by atoms with Crippen LogP contribution in [0.15, 0.2) is 6.20 Å². The van der Waals surface area contributed by atoms with Crippen molar-refractivity contribution in [2.75, 3.05) is 5.73 Å². The molecule has 0 amide bonds. The highest BCUT2D eigenvalue weighted by Crippen LogP contribution is 2.06. The van der Waals surface area contributed by atoms with Crippen molar-refractivity contribution >= 4 is 5.82 Å². The molecular weight excluding hydrogens is 130 g/mol. The quantitative estimate of drug-likeness (QED) is 0.524. The third kappa shape index (κ3) is 0.664. The Morgan fingerprint density at radius 1 is 1.60 bits per heavy atom. The molecule has 1 rings (SSSR count). The Morgan fingerprint density at radius 3 is 2.60 bits per heavy atom. The Balaban J connectivity index is 3.28. The number of aromatic nitrogens is 2. The predicted octanol–water partition coefficient (Wildman–Crippen LogP) is -0.334. The first-order valence-corrected chi connectivity index (χ1v) is 2.43. The van der Waals surface area contributed by atoms with Crippen molar-refractivity contribution in [3.63, 3.8) is 0 Å². The van der Waals surface area contributed by atoms with Crippen LogP contribution in [0.2, 0.25) is 0 Å². The fourth-order valence-corrected chi connectivity index (χ4v) is 0.524. The van der Waals surface area contributed by atoms with E-state index in [4.69, 9.17) is 16.3 Å². The van der Waals surface area contributed by atoms with Crippen LogP contribution in [-0.4, -0.2) is 9.78 Å². The van der Waals surface area contributed by atoms with Crippen LogP contribution >= 0.6 is 0 Å². The molecule has 0 saturated heterocycles. The van der Waals surface area contributed by atoms with Gasteiger partial charge < -0.3 is 5.73 Å². The maximum absolute atomic E-state index is 8.33. The van der Waals surface area contributed by atoms with Gasteiger partial charge in [-0.3, -0.25) is 0 Å². The topological polar surface area (TPSA) is 91.4 Å². The number of nitrogen functional groups attached to an aromatic ring is 1. The Morgan fingerprint density at radius 2 is 2.30 bits per heavy atom. The minimum Gasteiger partial charge on any atom is -0.382 e. The van der Waals surface area contributed by atoms with Crippen molar-refractivity contribution < 1.29 is 0 Å². The van der Waals surface area contributed by atoms with E-state index in [0.717, 1.165) is 4.68 Å². The second-order valence-electron chi connectivity index (χ2n) is 1.57. The Bertz CT molecular complexity index is 291. The highest BCUT2D eigenvalue weighted by molar-refractivity contribution is 5.48. The molecule has 0 bridgehead atoms. The van der Waals surface area contributed by atoms with Gasteiger partial charge in [-0.1, -0.05) is 0 Å². The zero-order valence-electron chi connectivity index (χ0n) is 4.94. The lowest BCUT2D eigenvalue weighted by Crippen LogP contribution is -1.98. The molecule has 1 aromatic heterocycles. The minimum absolute atomic E-state index is 0.0880. The summed E-state index contributed by atoms with van der Waals surface area (Å²) in [5, 5.41) is 20.1. The average molecular weight is 133 g/mol. The average Bonchev–Trinajstić information content (AvgIpc) is 2.30. The first kappa shape index (κ1) is 6.12. The molecule has 0 saturated carbocycles. The van der Waals surface area contributed by atoms with E-state index in [0.29, 0.717) is 0 Å². The first-order chi connectivity index (χ1) is 4.79. The molecule has 48 valence electrons. The molecule has 5 nitrogen and oxygen atoms in total. The summed E-state index contributed by atoms with van der Waals surface area (Å²) in [4.78, 5) is 0. The SMILES string of the molecule is N#Cc1cnn(C#N)c1N. The van der Waals surface area contributed by atoms with Gasteiger partial charge in [-0.05, 0) is 0 Å². The van der Waals surface area contributed by atoms with Gasteiger partial charge in [0.15, 0.2) is 5.82 Å². The zero-order valence-corrected chi connectivity index (χ0v) is 4.94. The molecule has 0 radical (unpaired) electrons. The summed E-state index contributed by atoms with van der Waals surface area (Å²) in [6.45, 7) is 0. The van der Waals surface area contributed by atoms with Crippen LogP contribution in [0, 0.1) is 22.8 Å². The fourth-order valence-electron chi connectivity index (χ4n) is 0.524. The van der Waals surface area contributed by atoms with Gasteiger partial charge in [-0.15, -0.1) is 4.68 Å². The second kappa shape index (κ2) is 2.08. The summed E-state index contributed by atoms with van der Waals surface area (Å²) < 4.78 is 0.887. The molecule has 0 aliphatic rings. The summed E-state index contributed by atoms with van der Waals surface area (Å²) >= 11 is 0. The van der Waals surface area contributed by atoms with Crippen LogP contribution in [0.5, 0.6) is 0 Å². The molecule has 1 aromatic rings. The minimum atomic E-state index is 0.0880. The highest BCUT2D eigenvalue weighted by atomic mass is 15.3. The summed E-state index contributed by atoms with van der Waals surface area (Å²) in [7, 11) is 0. The van der Waals surface area contributed by atoms with Gasteiger partial charge in [-0.25, -0.2) is 0 Å². The maximum atomic E-state index is 8.33. The van der Waals surface area contributed by atoms with Gasteiger partial charge in [0, 0.05) is 0 Å². The third-order valence-electron chi connectivity index (χ3n) is 1.02. The van der Waals surface area contributed by atoms with E-state index >= 15 is 0 Å². The van der Waals surface area contributed by atoms with E-state index in [2.05, 4.69) is 5.10 Å². The summed E-state index contributed by atoms with van der Waals surface area (Å²) in [5.41, 5.74) is 5.50. The normalized spacial score (nSPS) is 8.20. The van der Waals surface area contributed by atoms with Crippen molar-refractivity contribution in [1.29, 1.82) is 10.5 Å². The van der Waals surface area contributed by atoms with Gasteiger partial charge in [0.2, 0.25) is 6.19 Å². The largest absolute Gasteiger partial charge is 0.382 e. The van der Waals surface area contributed by atoms with Crippen LogP contribution in [0.25, 0.3) is 0 Å². The molecule has 5 heteroatoms. The van der Waals surface area contributed by atoms with Crippen LogP contribution < -0.4 is 5.73 Å². The van der Waals surface area contributed by atoms with Crippen molar-refractivity contribution in [2.45, 2.75) is 0 Å². The number of nitrogens with two attached hydrogens (primary N) is 1. The highest BCUT2D eigenvalue weighted by Gasteiger charge is 2.03. The molecule has 0 aliphatic heterocycles. The standard InChI is InChI=1S/C5H3N5/c6-1-4-2-9-10(3-7)5(4)8/h2H,8H2. The predicted molar refractivity (Wildman–Crippen MR) is 32.4 cm³/mol. The molecule has 2 N–H and O–H groups in total. The van der Waals surface area contributed by atoms with Crippen molar-refractivity contribution in [3.05, 3.63) is 11.8 Å². The van der Waals surface area contributed by atoms with Gasteiger partial charge >= 0.3 is 0 Å². The van der Waals surface area contributed by atoms with Gasteiger partial charge in [0.1, 0.15) is 11.6 Å². The Kier molecular flexibility index (Phi) is 1.27. The Labute approximate surface area is 56.9 Å². The monoisotopic (exact) mass is 133 g/mol. The van der Waals surface area contributed by atoms with E-state index in [1.807, 2.05) is 0 Å². The lowest BCUT2D eigenvalue weighted by atomic mass is 10.4.